The highest BCUT2D eigenvalue weighted by molar-refractivity contribution is 5.78. The Morgan fingerprint density at radius 3 is 2.70 bits per heavy atom. The smallest absolute Gasteiger partial charge is 0.236 e. The number of hydrogen-bond acceptors (Lipinski definition) is 6. The summed E-state index contributed by atoms with van der Waals surface area (Å²) in [6.45, 7) is 7.27. The van der Waals surface area contributed by atoms with E-state index in [1.54, 1.807) is 13.2 Å². The number of aliphatic hydroxyl groups is 1. The summed E-state index contributed by atoms with van der Waals surface area (Å²) in [4.78, 5) is 16.8. The normalized spacial score (nSPS) is 18.1. The lowest BCUT2D eigenvalue weighted by Crippen LogP contribution is -2.40. The number of hydrogen-bond donors (Lipinski definition) is 1. The third-order valence-electron chi connectivity index (χ3n) is 5.06. The van der Waals surface area contributed by atoms with Gasteiger partial charge in [-0.1, -0.05) is 26.0 Å². The van der Waals surface area contributed by atoms with E-state index in [1.165, 1.54) is 0 Å². The molecule has 1 fully saturated rings. The fourth-order valence-electron chi connectivity index (χ4n) is 3.68. The van der Waals surface area contributed by atoms with Gasteiger partial charge in [0, 0.05) is 19.6 Å². The molecule has 30 heavy (non-hydrogen) atoms. The lowest BCUT2D eigenvalue weighted by Gasteiger charge is -2.26. The Bertz CT molecular complexity index is 819. The van der Waals surface area contributed by atoms with E-state index in [9.17, 15) is 9.90 Å². The lowest BCUT2D eigenvalue weighted by atomic mass is 10.2. The first kappa shape index (κ1) is 22.3. The highest BCUT2D eigenvalue weighted by atomic mass is 16.5. The van der Waals surface area contributed by atoms with Crippen molar-refractivity contribution in [3.63, 3.8) is 0 Å². The monoisotopic (exact) mass is 416 g/mol. The van der Waals surface area contributed by atoms with Crippen molar-refractivity contribution < 1.29 is 23.8 Å². The van der Waals surface area contributed by atoms with E-state index in [0.717, 1.165) is 17.1 Å². The van der Waals surface area contributed by atoms with Gasteiger partial charge in [0.2, 0.25) is 5.91 Å². The molecule has 0 radical (unpaired) electrons. The molecule has 2 aromatic rings. The van der Waals surface area contributed by atoms with Gasteiger partial charge < -0.3 is 23.9 Å². The number of methoxy groups -OCH3 is 1. The fourth-order valence-corrected chi connectivity index (χ4v) is 3.68. The molecule has 1 N–H and O–H groups in total. The maximum absolute atomic E-state index is 12.9. The van der Waals surface area contributed by atoms with Crippen LogP contribution in [0.15, 0.2) is 40.8 Å². The van der Waals surface area contributed by atoms with Gasteiger partial charge in [0.15, 0.2) is 0 Å². The molecular weight excluding hydrogens is 384 g/mol. The van der Waals surface area contributed by atoms with Crippen LogP contribution in [-0.2, 0) is 29.3 Å². The van der Waals surface area contributed by atoms with E-state index < -0.39 is 0 Å². The first-order valence-corrected chi connectivity index (χ1v) is 10.4. The van der Waals surface area contributed by atoms with Crippen molar-refractivity contribution >= 4 is 5.91 Å². The molecule has 1 unspecified atom stereocenters. The number of benzene rings is 1. The van der Waals surface area contributed by atoms with Crippen LogP contribution in [-0.4, -0.2) is 60.2 Å². The molecule has 1 aliphatic rings. The van der Waals surface area contributed by atoms with Gasteiger partial charge in [-0.15, -0.1) is 0 Å². The van der Waals surface area contributed by atoms with E-state index in [0.29, 0.717) is 51.0 Å². The molecular formula is C23H32N2O5. The first-order chi connectivity index (χ1) is 14.5. The second-order valence-electron chi connectivity index (χ2n) is 8.17. The second-order valence-corrected chi connectivity index (χ2v) is 8.17. The second kappa shape index (κ2) is 10.6. The van der Waals surface area contributed by atoms with Crippen LogP contribution < -0.4 is 4.74 Å². The van der Waals surface area contributed by atoms with Crippen molar-refractivity contribution in [1.29, 1.82) is 0 Å². The average Bonchev–Trinajstić information content (AvgIpc) is 3.12. The van der Waals surface area contributed by atoms with E-state index >= 15 is 0 Å². The van der Waals surface area contributed by atoms with E-state index in [1.807, 2.05) is 35.2 Å². The molecule has 1 atom stereocenters. The van der Waals surface area contributed by atoms with Crippen LogP contribution in [0.4, 0.5) is 0 Å². The van der Waals surface area contributed by atoms with E-state index in [4.69, 9.17) is 13.9 Å². The van der Waals surface area contributed by atoms with Crippen molar-refractivity contribution in [2.75, 3.05) is 33.3 Å². The minimum Gasteiger partial charge on any atom is -0.497 e. The standard InChI is InChI=1S/C23H32N2O5/c1-17(2)10-25-13-22(29-16-18-5-4-6-19(9-18)28-3)12-24(14-23(25)27)11-20-7-8-21(15-26)30-20/h4-9,17,22,26H,10-16H2,1-3H3. The number of amides is 1. The van der Waals surface area contributed by atoms with Crippen LogP contribution in [0.3, 0.4) is 0 Å². The van der Waals surface area contributed by atoms with Gasteiger partial charge in [-0.3, -0.25) is 9.69 Å². The largest absolute Gasteiger partial charge is 0.497 e. The predicted molar refractivity (Wildman–Crippen MR) is 113 cm³/mol. The molecule has 0 bridgehead atoms. The Hall–Kier alpha value is -2.35. The molecule has 3 rings (SSSR count). The van der Waals surface area contributed by atoms with Crippen LogP contribution in [0.2, 0.25) is 0 Å². The highest BCUT2D eigenvalue weighted by Gasteiger charge is 2.29. The van der Waals surface area contributed by atoms with E-state index in [-0.39, 0.29) is 18.6 Å². The number of nitrogens with zero attached hydrogens (tertiary/aromatic N) is 2. The van der Waals surface area contributed by atoms with E-state index in [2.05, 4.69) is 18.7 Å². The number of ether oxygens (including phenoxy) is 2. The van der Waals surface area contributed by atoms with Crippen molar-refractivity contribution in [1.82, 2.24) is 9.80 Å². The van der Waals surface area contributed by atoms with Gasteiger partial charge in [0.1, 0.15) is 23.9 Å². The molecule has 1 amide bonds. The summed E-state index contributed by atoms with van der Waals surface area (Å²) in [6.07, 6.45) is -0.117. The lowest BCUT2D eigenvalue weighted by molar-refractivity contribution is -0.132. The third kappa shape index (κ3) is 6.32. The number of carbonyl (C=O) groups is 1. The molecule has 164 valence electrons. The molecule has 1 aromatic carbocycles. The average molecular weight is 417 g/mol. The summed E-state index contributed by atoms with van der Waals surface area (Å²) in [6, 6.07) is 11.4. The van der Waals surface area contributed by atoms with Crippen molar-refractivity contribution in [2.45, 2.75) is 39.7 Å². The summed E-state index contributed by atoms with van der Waals surface area (Å²) in [7, 11) is 1.65. The molecule has 2 heterocycles. The van der Waals surface area contributed by atoms with Gasteiger partial charge in [-0.05, 0) is 35.7 Å². The minimum absolute atomic E-state index is 0.102. The van der Waals surface area contributed by atoms with Gasteiger partial charge >= 0.3 is 0 Å². The zero-order chi connectivity index (χ0) is 21.5. The summed E-state index contributed by atoms with van der Waals surface area (Å²) < 4.78 is 17.2. The number of aliphatic hydroxyl groups excluding tert-OH is 1. The topological polar surface area (TPSA) is 75.4 Å². The van der Waals surface area contributed by atoms with Crippen LogP contribution in [0, 0.1) is 5.92 Å². The maximum Gasteiger partial charge on any atom is 0.236 e. The van der Waals surface area contributed by atoms with Crippen LogP contribution >= 0.6 is 0 Å². The van der Waals surface area contributed by atoms with Gasteiger partial charge in [-0.2, -0.15) is 0 Å². The van der Waals surface area contributed by atoms with Crippen LogP contribution in [0.25, 0.3) is 0 Å². The Balaban J connectivity index is 1.69. The van der Waals surface area contributed by atoms with Crippen molar-refractivity contribution in [3.8, 4) is 5.75 Å². The summed E-state index contributed by atoms with van der Waals surface area (Å²) in [5, 5.41) is 9.22. The number of carbonyl (C=O) groups excluding carboxylic acids is 1. The van der Waals surface area contributed by atoms with Crippen molar-refractivity contribution in [2.24, 2.45) is 5.92 Å². The molecule has 0 aliphatic carbocycles. The Morgan fingerprint density at radius 1 is 1.20 bits per heavy atom. The summed E-state index contributed by atoms with van der Waals surface area (Å²) in [5.41, 5.74) is 1.03. The molecule has 0 saturated carbocycles. The Labute approximate surface area is 178 Å². The molecule has 7 heteroatoms. The zero-order valence-corrected chi connectivity index (χ0v) is 18.0. The Morgan fingerprint density at radius 2 is 2.00 bits per heavy atom. The predicted octanol–water partition coefficient (Wildman–Crippen LogP) is 2.67. The van der Waals surface area contributed by atoms with Gasteiger partial charge in [0.25, 0.3) is 0 Å². The highest BCUT2D eigenvalue weighted by Crippen LogP contribution is 2.18. The third-order valence-corrected chi connectivity index (χ3v) is 5.06. The molecule has 1 aliphatic heterocycles. The quantitative estimate of drug-likeness (QED) is 0.677. The van der Waals surface area contributed by atoms with Crippen molar-refractivity contribution in [3.05, 3.63) is 53.5 Å². The van der Waals surface area contributed by atoms with Crippen LogP contribution in [0.1, 0.15) is 30.9 Å². The molecule has 7 nitrogen and oxygen atoms in total. The first-order valence-electron chi connectivity index (χ1n) is 10.4. The summed E-state index contributed by atoms with van der Waals surface area (Å²) >= 11 is 0. The maximum atomic E-state index is 12.9. The SMILES string of the molecule is COc1cccc(COC2CN(Cc3ccc(CO)o3)CC(=O)N(CC(C)C)C2)c1. The Kier molecular flexibility index (Phi) is 7.90. The number of rotatable bonds is 9. The van der Waals surface area contributed by atoms with Gasteiger partial charge in [0.05, 0.1) is 32.9 Å². The fraction of sp³-hybridized carbons (Fsp3) is 0.522. The molecule has 0 spiro atoms. The molecule has 1 saturated heterocycles. The van der Waals surface area contributed by atoms with Gasteiger partial charge in [-0.25, -0.2) is 0 Å². The minimum atomic E-state index is -0.132. The zero-order valence-electron chi connectivity index (χ0n) is 18.0. The summed E-state index contributed by atoms with van der Waals surface area (Å²) in [5.74, 6) is 2.55. The van der Waals surface area contributed by atoms with Crippen LogP contribution in [0.5, 0.6) is 5.75 Å². The molecule has 1 aromatic heterocycles. The number of furan rings is 1.